The molecule has 3 aromatic rings. The third-order valence-corrected chi connectivity index (χ3v) is 5.54. The zero-order valence-corrected chi connectivity index (χ0v) is 16.8. The molecular weight excluding hydrogens is 358 g/mol. The maximum Gasteiger partial charge on any atom is 0.231 e. The maximum absolute atomic E-state index is 13.0. The highest BCUT2D eigenvalue weighted by Crippen LogP contribution is 2.29. The summed E-state index contributed by atoms with van der Waals surface area (Å²) in [4.78, 5) is 17.9. The predicted octanol–water partition coefficient (Wildman–Crippen LogP) is 4.27. The number of piperazine rings is 1. The van der Waals surface area contributed by atoms with Crippen LogP contribution in [0, 0.1) is 0 Å². The van der Waals surface area contributed by atoms with Crippen molar-refractivity contribution in [1.82, 2.24) is 14.4 Å². The van der Waals surface area contributed by atoms with Gasteiger partial charge < -0.3 is 9.80 Å². The lowest BCUT2D eigenvalue weighted by atomic mass is 10.2. The van der Waals surface area contributed by atoms with Gasteiger partial charge in [-0.25, -0.2) is 0 Å². The van der Waals surface area contributed by atoms with Gasteiger partial charge in [-0.1, -0.05) is 36.4 Å². The van der Waals surface area contributed by atoms with E-state index in [-0.39, 0.29) is 18.3 Å². The first-order valence-electron chi connectivity index (χ1n) is 9.66. The molecule has 0 aliphatic carbocycles. The van der Waals surface area contributed by atoms with Gasteiger partial charge in [-0.15, -0.1) is 12.4 Å². The summed E-state index contributed by atoms with van der Waals surface area (Å²) in [6.45, 7) is 5.71. The molecule has 0 bridgehead atoms. The van der Waals surface area contributed by atoms with E-state index in [0.29, 0.717) is 6.42 Å². The van der Waals surface area contributed by atoms with Crippen LogP contribution < -0.4 is 0 Å². The number of fused-ring (bicyclic) bond motifs is 3. The molecule has 4 nitrogen and oxygen atoms in total. The van der Waals surface area contributed by atoms with Crippen molar-refractivity contribution in [2.45, 2.75) is 19.3 Å². The van der Waals surface area contributed by atoms with E-state index in [1.807, 2.05) is 28.8 Å². The van der Waals surface area contributed by atoms with Crippen LogP contribution in [0.15, 0.2) is 48.5 Å². The minimum Gasteiger partial charge on any atom is -0.304 e. The van der Waals surface area contributed by atoms with Crippen LogP contribution >= 0.6 is 12.4 Å². The summed E-state index contributed by atoms with van der Waals surface area (Å²) >= 11 is 0. The Hall–Kier alpha value is -1.88. The average molecular weight is 386 g/mol. The number of carbonyl (C=O) groups excluding carboxylic acids is 1. The van der Waals surface area contributed by atoms with Crippen molar-refractivity contribution in [3.8, 4) is 0 Å². The Kier molecular flexibility index (Phi) is 6.53. The molecule has 0 atom stereocenters. The smallest absolute Gasteiger partial charge is 0.231 e. The average Bonchev–Trinajstić information content (AvgIpc) is 3.01. The SMILES string of the molecule is CN1CCN(CCCCC(=O)n2c3ccccc3c3ccccc32)CC1.Cl. The molecule has 0 saturated carbocycles. The van der Waals surface area contributed by atoms with Crippen LogP contribution in [0.5, 0.6) is 0 Å². The fourth-order valence-electron chi connectivity index (χ4n) is 3.99. The molecule has 0 spiro atoms. The molecule has 0 amide bonds. The Balaban J connectivity index is 0.00000210. The summed E-state index contributed by atoms with van der Waals surface area (Å²) in [6, 6.07) is 16.4. The summed E-state index contributed by atoms with van der Waals surface area (Å²) < 4.78 is 1.92. The molecule has 1 aliphatic rings. The van der Waals surface area contributed by atoms with Gasteiger partial charge in [0, 0.05) is 43.4 Å². The number of unbranched alkanes of at least 4 members (excludes halogenated alkanes) is 1. The van der Waals surface area contributed by atoms with Crippen LogP contribution in [0.3, 0.4) is 0 Å². The highest BCUT2D eigenvalue weighted by atomic mass is 35.5. The number of halogens is 1. The maximum atomic E-state index is 13.0. The Morgan fingerprint density at radius 3 is 2.00 bits per heavy atom. The number of rotatable bonds is 5. The molecular formula is C22H28ClN3O. The largest absolute Gasteiger partial charge is 0.304 e. The molecule has 1 aliphatic heterocycles. The molecule has 1 saturated heterocycles. The fraction of sp³-hybridized carbons (Fsp3) is 0.409. The van der Waals surface area contributed by atoms with Crippen LogP contribution in [0.25, 0.3) is 21.8 Å². The van der Waals surface area contributed by atoms with Gasteiger partial charge in [0.05, 0.1) is 11.0 Å². The van der Waals surface area contributed by atoms with Gasteiger partial charge in [0.15, 0.2) is 0 Å². The van der Waals surface area contributed by atoms with Crippen LogP contribution in [-0.2, 0) is 0 Å². The van der Waals surface area contributed by atoms with Gasteiger partial charge in [0.2, 0.25) is 5.91 Å². The van der Waals surface area contributed by atoms with Crippen LogP contribution in [0.2, 0.25) is 0 Å². The Morgan fingerprint density at radius 1 is 0.852 bits per heavy atom. The van der Waals surface area contributed by atoms with E-state index in [9.17, 15) is 4.79 Å². The second-order valence-corrected chi connectivity index (χ2v) is 7.37. The standard InChI is InChI=1S/C22H27N3O.ClH/c1-23-14-16-24(17-15-23)13-7-6-12-22(26)25-20-10-4-2-8-18(20)19-9-3-5-11-21(19)25;/h2-5,8-11H,6-7,12-17H2,1H3;1H. The quantitative estimate of drug-likeness (QED) is 0.614. The number of carbonyl (C=O) groups is 1. The van der Waals surface area contributed by atoms with Gasteiger partial charge in [0.25, 0.3) is 0 Å². The van der Waals surface area contributed by atoms with Gasteiger partial charge in [0.1, 0.15) is 0 Å². The molecule has 0 unspecified atom stereocenters. The van der Waals surface area contributed by atoms with Gasteiger partial charge >= 0.3 is 0 Å². The second-order valence-electron chi connectivity index (χ2n) is 7.37. The van der Waals surface area contributed by atoms with Gasteiger partial charge in [-0.05, 0) is 38.6 Å². The van der Waals surface area contributed by atoms with Crippen molar-refractivity contribution < 1.29 is 4.79 Å². The number of nitrogens with zero attached hydrogens (tertiary/aromatic N) is 3. The van der Waals surface area contributed by atoms with Crippen molar-refractivity contribution in [1.29, 1.82) is 0 Å². The lowest BCUT2D eigenvalue weighted by Crippen LogP contribution is -2.44. The first-order chi connectivity index (χ1) is 12.7. The van der Waals surface area contributed by atoms with Crippen LogP contribution in [0.4, 0.5) is 0 Å². The minimum atomic E-state index is 0. The number of hydrogen-bond donors (Lipinski definition) is 0. The molecule has 5 heteroatoms. The van der Waals surface area contributed by atoms with Crippen LogP contribution in [0.1, 0.15) is 24.1 Å². The second kappa shape index (κ2) is 8.87. The Morgan fingerprint density at radius 2 is 1.41 bits per heavy atom. The number of hydrogen-bond acceptors (Lipinski definition) is 3. The molecule has 144 valence electrons. The summed E-state index contributed by atoms with van der Waals surface area (Å²) in [6.07, 6.45) is 2.65. The molecule has 27 heavy (non-hydrogen) atoms. The number of aromatic nitrogens is 1. The van der Waals surface area contributed by atoms with E-state index in [1.165, 1.54) is 0 Å². The lowest BCUT2D eigenvalue weighted by Gasteiger charge is -2.32. The summed E-state index contributed by atoms with van der Waals surface area (Å²) in [5.41, 5.74) is 2.05. The van der Waals surface area contributed by atoms with Crippen molar-refractivity contribution in [3.05, 3.63) is 48.5 Å². The van der Waals surface area contributed by atoms with Crippen LogP contribution in [-0.4, -0.2) is 60.0 Å². The zero-order chi connectivity index (χ0) is 17.9. The van der Waals surface area contributed by atoms with E-state index < -0.39 is 0 Å². The monoisotopic (exact) mass is 385 g/mol. The number of benzene rings is 2. The fourth-order valence-corrected chi connectivity index (χ4v) is 3.99. The molecule has 0 radical (unpaired) electrons. The predicted molar refractivity (Wildman–Crippen MR) is 115 cm³/mol. The van der Waals surface area contributed by atoms with Crippen molar-refractivity contribution in [2.24, 2.45) is 0 Å². The molecule has 1 fully saturated rings. The molecule has 1 aromatic heterocycles. The topological polar surface area (TPSA) is 28.5 Å². The molecule has 0 N–H and O–H groups in total. The summed E-state index contributed by atoms with van der Waals surface area (Å²) in [5, 5.41) is 2.32. The van der Waals surface area contributed by atoms with E-state index in [1.54, 1.807) is 0 Å². The van der Waals surface area contributed by atoms with E-state index in [2.05, 4.69) is 41.1 Å². The first kappa shape index (κ1) is 19.9. The van der Waals surface area contributed by atoms with Crippen molar-refractivity contribution >= 4 is 40.1 Å². The van der Waals surface area contributed by atoms with Gasteiger partial charge in [-0.2, -0.15) is 0 Å². The molecule has 2 heterocycles. The molecule has 2 aromatic carbocycles. The first-order valence-corrected chi connectivity index (χ1v) is 9.66. The van der Waals surface area contributed by atoms with Gasteiger partial charge in [-0.3, -0.25) is 9.36 Å². The van der Waals surface area contributed by atoms with E-state index in [0.717, 1.165) is 67.4 Å². The molecule has 4 rings (SSSR count). The summed E-state index contributed by atoms with van der Waals surface area (Å²) in [5.74, 6) is 0.209. The number of likely N-dealkylation sites (N-methyl/N-ethyl adjacent to an activating group) is 1. The lowest BCUT2D eigenvalue weighted by molar-refractivity contribution is 0.0906. The number of para-hydroxylation sites is 2. The Labute approximate surface area is 167 Å². The van der Waals surface area contributed by atoms with E-state index in [4.69, 9.17) is 0 Å². The highest BCUT2D eigenvalue weighted by molar-refractivity contribution is 6.13. The summed E-state index contributed by atoms with van der Waals surface area (Å²) in [7, 11) is 2.18. The zero-order valence-electron chi connectivity index (χ0n) is 15.9. The highest BCUT2D eigenvalue weighted by Gasteiger charge is 2.16. The Bertz CT molecular complexity index is 859. The van der Waals surface area contributed by atoms with Crippen molar-refractivity contribution in [2.75, 3.05) is 39.8 Å². The third-order valence-electron chi connectivity index (χ3n) is 5.54. The van der Waals surface area contributed by atoms with Crippen molar-refractivity contribution in [3.63, 3.8) is 0 Å². The third kappa shape index (κ3) is 4.18. The minimum absolute atomic E-state index is 0. The normalized spacial score (nSPS) is 15.9. The van der Waals surface area contributed by atoms with E-state index >= 15 is 0 Å².